The van der Waals surface area contributed by atoms with Gasteiger partial charge in [-0.15, -0.1) is 0 Å². The van der Waals surface area contributed by atoms with Crippen LogP contribution in [0.15, 0.2) is 23.1 Å². The van der Waals surface area contributed by atoms with Crippen molar-refractivity contribution in [3.63, 3.8) is 0 Å². The fourth-order valence-electron chi connectivity index (χ4n) is 2.01. The number of fused-ring (bicyclic) bond motifs is 1. The fourth-order valence-corrected chi connectivity index (χ4v) is 3.59. The van der Waals surface area contributed by atoms with E-state index in [9.17, 15) is 8.42 Å². The molecule has 0 amide bonds. The Bertz CT molecular complexity index is 573. The standard InChI is InChI=1S/C12H14N2O2S/c1-9(8-13)14-11-4-5-12-10(7-11)3-2-6-17(12,15)16/h4-5,7,9,14H,2-3,6H2,1H3. The molecule has 0 aromatic heterocycles. The molecule has 2 rings (SSSR count). The summed E-state index contributed by atoms with van der Waals surface area (Å²) in [5, 5.41) is 11.7. The van der Waals surface area contributed by atoms with Crippen molar-refractivity contribution in [2.75, 3.05) is 11.1 Å². The number of anilines is 1. The first-order valence-corrected chi connectivity index (χ1v) is 7.20. The predicted octanol–water partition coefficient (Wildman–Crippen LogP) is 1.73. The Morgan fingerprint density at radius 2 is 2.24 bits per heavy atom. The van der Waals surface area contributed by atoms with Gasteiger partial charge in [-0.05, 0) is 43.5 Å². The van der Waals surface area contributed by atoms with Gasteiger partial charge < -0.3 is 5.32 Å². The Morgan fingerprint density at radius 1 is 1.47 bits per heavy atom. The SMILES string of the molecule is CC(C#N)Nc1ccc2c(c1)CCCS2(=O)=O. The van der Waals surface area contributed by atoms with Gasteiger partial charge in [0, 0.05) is 5.69 Å². The number of nitrogens with zero attached hydrogens (tertiary/aromatic N) is 1. The molecule has 1 atom stereocenters. The summed E-state index contributed by atoms with van der Waals surface area (Å²) in [4.78, 5) is 0.443. The lowest BCUT2D eigenvalue weighted by Crippen LogP contribution is -2.17. The van der Waals surface area contributed by atoms with E-state index < -0.39 is 9.84 Å². The normalized spacial score (nSPS) is 18.8. The smallest absolute Gasteiger partial charge is 0.178 e. The summed E-state index contributed by atoms with van der Waals surface area (Å²) in [5.41, 5.74) is 1.65. The van der Waals surface area contributed by atoms with Gasteiger partial charge in [-0.2, -0.15) is 5.26 Å². The molecule has 0 bridgehead atoms. The fraction of sp³-hybridized carbons (Fsp3) is 0.417. The molecule has 0 spiro atoms. The van der Waals surface area contributed by atoms with Crippen LogP contribution in [0.1, 0.15) is 18.9 Å². The molecule has 90 valence electrons. The lowest BCUT2D eigenvalue weighted by atomic mass is 10.1. The van der Waals surface area contributed by atoms with Gasteiger partial charge in [-0.3, -0.25) is 0 Å². The van der Waals surface area contributed by atoms with Gasteiger partial charge in [0.2, 0.25) is 0 Å². The Kier molecular flexibility index (Phi) is 3.07. The highest BCUT2D eigenvalue weighted by atomic mass is 32.2. The van der Waals surface area contributed by atoms with Crippen molar-refractivity contribution < 1.29 is 8.42 Å². The van der Waals surface area contributed by atoms with Crippen molar-refractivity contribution >= 4 is 15.5 Å². The second kappa shape index (κ2) is 4.38. The van der Waals surface area contributed by atoms with Crippen LogP contribution in [0, 0.1) is 11.3 Å². The molecule has 0 saturated carbocycles. The lowest BCUT2D eigenvalue weighted by molar-refractivity contribution is 0.586. The average molecular weight is 250 g/mol. The van der Waals surface area contributed by atoms with E-state index in [1.54, 1.807) is 19.1 Å². The van der Waals surface area contributed by atoms with Gasteiger partial charge in [-0.1, -0.05) is 0 Å². The van der Waals surface area contributed by atoms with Crippen LogP contribution in [0.4, 0.5) is 5.69 Å². The quantitative estimate of drug-likeness (QED) is 0.867. The van der Waals surface area contributed by atoms with Crippen LogP contribution in [0.5, 0.6) is 0 Å². The Labute approximate surface area is 101 Å². The lowest BCUT2D eigenvalue weighted by Gasteiger charge is -2.18. The maximum atomic E-state index is 11.8. The van der Waals surface area contributed by atoms with Crippen molar-refractivity contribution in [1.82, 2.24) is 0 Å². The second-order valence-corrected chi connectivity index (χ2v) is 6.32. The maximum Gasteiger partial charge on any atom is 0.178 e. The number of hydrogen-bond acceptors (Lipinski definition) is 4. The van der Waals surface area contributed by atoms with Gasteiger partial charge in [0.15, 0.2) is 9.84 Å². The summed E-state index contributed by atoms with van der Waals surface area (Å²) in [5.74, 6) is 0.237. The van der Waals surface area contributed by atoms with Crippen molar-refractivity contribution in [2.24, 2.45) is 0 Å². The van der Waals surface area contributed by atoms with E-state index in [0.29, 0.717) is 11.3 Å². The van der Waals surface area contributed by atoms with Crippen molar-refractivity contribution in [3.8, 4) is 6.07 Å². The molecule has 0 radical (unpaired) electrons. The van der Waals surface area contributed by atoms with Gasteiger partial charge >= 0.3 is 0 Å². The molecule has 0 aliphatic carbocycles. The van der Waals surface area contributed by atoms with Crippen LogP contribution in [-0.4, -0.2) is 20.2 Å². The molecule has 1 unspecified atom stereocenters. The number of sulfone groups is 1. The molecule has 1 aromatic carbocycles. The van der Waals surface area contributed by atoms with Gasteiger partial charge in [0.05, 0.1) is 16.7 Å². The molecule has 1 aliphatic heterocycles. The molecule has 0 fully saturated rings. The van der Waals surface area contributed by atoms with E-state index in [2.05, 4.69) is 11.4 Å². The van der Waals surface area contributed by atoms with Crippen molar-refractivity contribution in [3.05, 3.63) is 23.8 Å². The summed E-state index contributed by atoms with van der Waals surface area (Å²) in [7, 11) is -3.09. The summed E-state index contributed by atoms with van der Waals surface area (Å²) < 4.78 is 23.6. The summed E-state index contributed by atoms with van der Waals surface area (Å²) in [6, 6.07) is 6.98. The second-order valence-electron chi connectivity index (χ2n) is 4.24. The first-order chi connectivity index (χ1) is 8.03. The van der Waals surface area contributed by atoms with E-state index in [4.69, 9.17) is 5.26 Å². The van der Waals surface area contributed by atoms with Crippen LogP contribution < -0.4 is 5.32 Å². The van der Waals surface area contributed by atoms with Crippen LogP contribution >= 0.6 is 0 Å². The van der Waals surface area contributed by atoms with E-state index in [1.165, 1.54) is 0 Å². The predicted molar refractivity (Wildman–Crippen MR) is 65.5 cm³/mol. The molecular formula is C12H14N2O2S. The topological polar surface area (TPSA) is 70.0 Å². The van der Waals surface area contributed by atoms with E-state index in [0.717, 1.165) is 17.7 Å². The maximum absolute atomic E-state index is 11.8. The van der Waals surface area contributed by atoms with Crippen LogP contribution in [0.3, 0.4) is 0 Å². The minimum absolute atomic E-state index is 0.237. The van der Waals surface area contributed by atoms with Crippen LogP contribution in [0.25, 0.3) is 0 Å². The Balaban J connectivity index is 2.36. The molecule has 0 saturated heterocycles. The monoisotopic (exact) mass is 250 g/mol. The molecule has 5 heteroatoms. The number of nitrogens with one attached hydrogen (secondary N) is 1. The number of nitriles is 1. The largest absolute Gasteiger partial charge is 0.370 e. The van der Waals surface area contributed by atoms with Gasteiger partial charge in [-0.25, -0.2) is 8.42 Å². The highest BCUT2D eigenvalue weighted by Crippen LogP contribution is 2.27. The van der Waals surface area contributed by atoms with Gasteiger partial charge in [0.1, 0.15) is 6.04 Å². The first kappa shape index (κ1) is 11.9. The number of aryl methyl sites for hydroxylation is 1. The minimum atomic E-state index is -3.09. The third-order valence-corrected chi connectivity index (χ3v) is 4.73. The Morgan fingerprint density at radius 3 is 2.94 bits per heavy atom. The molecule has 1 aliphatic rings. The van der Waals surface area contributed by atoms with Crippen molar-refractivity contribution in [1.29, 1.82) is 5.26 Å². The zero-order chi connectivity index (χ0) is 12.5. The molecule has 1 N–H and O–H groups in total. The Hall–Kier alpha value is -1.54. The minimum Gasteiger partial charge on any atom is -0.370 e. The summed E-state index contributed by atoms with van der Waals surface area (Å²) >= 11 is 0. The molecule has 1 heterocycles. The zero-order valence-electron chi connectivity index (χ0n) is 9.60. The highest BCUT2D eigenvalue weighted by Gasteiger charge is 2.23. The summed E-state index contributed by atoms with van der Waals surface area (Å²) in [6.45, 7) is 1.76. The van der Waals surface area contributed by atoms with Crippen molar-refractivity contribution in [2.45, 2.75) is 30.7 Å². The molecule has 17 heavy (non-hydrogen) atoms. The van der Waals surface area contributed by atoms with E-state index in [1.807, 2.05) is 6.07 Å². The first-order valence-electron chi connectivity index (χ1n) is 5.55. The number of rotatable bonds is 2. The number of hydrogen-bond donors (Lipinski definition) is 1. The third-order valence-electron chi connectivity index (χ3n) is 2.83. The zero-order valence-corrected chi connectivity index (χ0v) is 10.4. The van der Waals surface area contributed by atoms with Gasteiger partial charge in [0.25, 0.3) is 0 Å². The number of benzene rings is 1. The van der Waals surface area contributed by atoms with Crippen LogP contribution in [0.2, 0.25) is 0 Å². The summed E-state index contributed by atoms with van der Waals surface area (Å²) in [6.07, 6.45) is 1.46. The van der Waals surface area contributed by atoms with E-state index >= 15 is 0 Å². The highest BCUT2D eigenvalue weighted by molar-refractivity contribution is 7.91. The average Bonchev–Trinajstić information content (AvgIpc) is 2.28. The third kappa shape index (κ3) is 2.42. The molecule has 4 nitrogen and oxygen atoms in total. The van der Waals surface area contributed by atoms with Crippen LogP contribution in [-0.2, 0) is 16.3 Å². The van der Waals surface area contributed by atoms with E-state index in [-0.39, 0.29) is 11.8 Å². The molecular weight excluding hydrogens is 236 g/mol. The molecule has 1 aromatic rings.